The van der Waals surface area contributed by atoms with Crippen molar-refractivity contribution < 1.29 is 19.1 Å². The van der Waals surface area contributed by atoms with Gasteiger partial charge in [0, 0.05) is 29.5 Å². The lowest BCUT2D eigenvalue weighted by atomic mass is 9.84. The first-order valence-electron chi connectivity index (χ1n) is 12.5. The zero-order chi connectivity index (χ0) is 25.7. The number of nitrogens with zero attached hydrogens (tertiary/aromatic N) is 2. The molecule has 3 aromatic rings. The average Bonchev–Trinajstić information content (AvgIpc) is 2.92. The molecule has 1 aliphatic rings. The van der Waals surface area contributed by atoms with E-state index in [0.717, 1.165) is 35.5 Å². The molecule has 188 valence electrons. The van der Waals surface area contributed by atoms with E-state index in [0.29, 0.717) is 24.3 Å². The molecule has 0 bridgehead atoms. The van der Waals surface area contributed by atoms with Crippen LogP contribution in [0.25, 0.3) is 0 Å². The summed E-state index contributed by atoms with van der Waals surface area (Å²) in [5, 5.41) is 0. The number of methoxy groups -OCH3 is 2. The number of hydrogen-bond donors (Lipinski definition) is 0. The molecule has 2 atom stereocenters. The second-order valence-electron chi connectivity index (χ2n) is 9.14. The topological polar surface area (TPSA) is 59.1 Å². The third-order valence-corrected chi connectivity index (χ3v) is 6.83. The molecule has 36 heavy (non-hydrogen) atoms. The van der Waals surface area contributed by atoms with Crippen LogP contribution in [-0.4, -0.2) is 38.6 Å². The molecule has 0 spiro atoms. The smallest absolute Gasteiger partial charge is 0.258 e. The van der Waals surface area contributed by atoms with Crippen LogP contribution < -0.4 is 19.3 Å². The summed E-state index contributed by atoms with van der Waals surface area (Å²) in [5.41, 5.74) is 3.12. The second-order valence-corrected chi connectivity index (χ2v) is 9.14. The summed E-state index contributed by atoms with van der Waals surface area (Å²) in [6.07, 6.45) is 2.45. The summed E-state index contributed by atoms with van der Waals surface area (Å²) < 4.78 is 10.5. The van der Waals surface area contributed by atoms with Gasteiger partial charge in [0.2, 0.25) is 5.91 Å². The van der Waals surface area contributed by atoms with Gasteiger partial charge in [0.1, 0.15) is 11.5 Å². The third kappa shape index (κ3) is 5.08. The first kappa shape index (κ1) is 25.3. The van der Waals surface area contributed by atoms with Crippen LogP contribution in [0.5, 0.6) is 11.5 Å². The van der Waals surface area contributed by atoms with Gasteiger partial charge in [0.25, 0.3) is 5.91 Å². The van der Waals surface area contributed by atoms with E-state index in [1.807, 2.05) is 65.3 Å². The Labute approximate surface area is 213 Å². The summed E-state index contributed by atoms with van der Waals surface area (Å²) in [4.78, 5) is 31.4. The van der Waals surface area contributed by atoms with Crippen LogP contribution in [0.4, 0.5) is 11.4 Å². The predicted molar refractivity (Wildman–Crippen MR) is 143 cm³/mol. The number of para-hydroxylation sites is 1. The van der Waals surface area contributed by atoms with E-state index in [1.165, 1.54) is 0 Å². The van der Waals surface area contributed by atoms with E-state index in [2.05, 4.69) is 6.92 Å². The normalized spacial score (nSPS) is 16.7. The van der Waals surface area contributed by atoms with Crippen LogP contribution >= 0.6 is 0 Å². The molecule has 0 aromatic heterocycles. The molecule has 0 fully saturated rings. The van der Waals surface area contributed by atoms with Crippen molar-refractivity contribution in [2.24, 2.45) is 0 Å². The number of unbranched alkanes of at least 4 members (excludes halogenated alkanes) is 1. The van der Waals surface area contributed by atoms with Crippen molar-refractivity contribution in [3.05, 3.63) is 83.9 Å². The molecule has 1 aliphatic heterocycles. The van der Waals surface area contributed by atoms with Gasteiger partial charge in [-0.3, -0.25) is 9.59 Å². The number of benzene rings is 3. The number of fused-ring (bicyclic) bond motifs is 1. The van der Waals surface area contributed by atoms with Gasteiger partial charge in [-0.1, -0.05) is 31.5 Å². The average molecular weight is 487 g/mol. The van der Waals surface area contributed by atoms with Crippen LogP contribution in [0.3, 0.4) is 0 Å². The van der Waals surface area contributed by atoms with Crippen LogP contribution in [-0.2, 0) is 4.79 Å². The SMILES string of the molecule is CCCCN(C(=O)C1CC(C)N(C(=O)c2ccc(OC)cc2)c2ccccc21)c1ccc(OC)cc1. The predicted octanol–water partition coefficient (Wildman–Crippen LogP) is 6.06. The number of carbonyl (C=O) groups is 2. The van der Waals surface area contributed by atoms with Gasteiger partial charge in [-0.15, -0.1) is 0 Å². The molecule has 0 saturated carbocycles. The summed E-state index contributed by atoms with van der Waals surface area (Å²) in [7, 11) is 3.24. The molecule has 0 aliphatic carbocycles. The minimum Gasteiger partial charge on any atom is -0.497 e. The highest BCUT2D eigenvalue weighted by Gasteiger charge is 2.39. The molecular weight excluding hydrogens is 452 g/mol. The van der Waals surface area contributed by atoms with E-state index >= 15 is 0 Å². The maximum Gasteiger partial charge on any atom is 0.258 e. The number of amides is 2. The van der Waals surface area contributed by atoms with E-state index in [9.17, 15) is 9.59 Å². The first-order chi connectivity index (χ1) is 17.5. The molecule has 6 nitrogen and oxygen atoms in total. The fourth-order valence-electron chi connectivity index (χ4n) is 4.86. The Bertz CT molecular complexity index is 1190. The molecule has 0 N–H and O–H groups in total. The van der Waals surface area contributed by atoms with E-state index in [4.69, 9.17) is 9.47 Å². The van der Waals surface area contributed by atoms with Gasteiger partial charge < -0.3 is 19.3 Å². The van der Waals surface area contributed by atoms with Gasteiger partial charge in [-0.05, 0) is 79.9 Å². The zero-order valence-corrected chi connectivity index (χ0v) is 21.4. The van der Waals surface area contributed by atoms with Gasteiger partial charge in [0.05, 0.1) is 20.1 Å². The monoisotopic (exact) mass is 486 g/mol. The van der Waals surface area contributed by atoms with Crippen LogP contribution in [0.15, 0.2) is 72.8 Å². The Morgan fingerprint density at radius 1 is 0.917 bits per heavy atom. The molecule has 2 amide bonds. The minimum atomic E-state index is -0.338. The zero-order valence-electron chi connectivity index (χ0n) is 21.4. The molecule has 6 heteroatoms. The Morgan fingerprint density at radius 2 is 1.53 bits per heavy atom. The van der Waals surface area contributed by atoms with Gasteiger partial charge >= 0.3 is 0 Å². The molecule has 0 radical (unpaired) electrons. The Kier molecular flexibility index (Phi) is 7.93. The van der Waals surface area contributed by atoms with Gasteiger partial charge in [-0.25, -0.2) is 0 Å². The lowest BCUT2D eigenvalue weighted by Crippen LogP contribution is -2.47. The number of anilines is 2. The lowest BCUT2D eigenvalue weighted by molar-refractivity contribution is -0.120. The molecule has 3 aromatic carbocycles. The van der Waals surface area contributed by atoms with Gasteiger partial charge in [-0.2, -0.15) is 0 Å². The highest BCUT2D eigenvalue weighted by atomic mass is 16.5. The van der Waals surface area contributed by atoms with Gasteiger partial charge in [0.15, 0.2) is 0 Å². The molecule has 0 saturated heterocycles. The van der Waals surface area contributed by atoms with Crippen molar-refractivity contribution in [3.63, 3.8) is 0 Å². The minimum absolute atomic E-state index is 0.0597. The van der Waals surface area contributed by atoms with Crippen molar-refractivity contribution in [2.45, 2.75) is 45.1 Å². The fraction of sp³-hybridized carbons (Fsp3) is 0.333. The number of carbonyl (C=O) groups excluding carboxylic acids is 2. The number of ether oxygens (including phenoxy) is 2. The largest absolute Gasteiger partial charge is 0.497 e. The van der Waals surface area contributed by atoms with Crippen molar-refractivity contribution in [1.82, 2.24) is 0 Å². The Morgan fingerprint density at radius 3 is 2.14 bits per heavy atom. The molecule has 2 unspecified atom stereocenters. The number of rotatable bonds is 8. The molecule has 1 heterocycles. The molecule has 4 rings (SSSR count). The van der Waals surface area contributed by atoms with E-state index in [-0.39, 0.29) is 23.8 Å². The van der Waals surface area contributed by atoms with Crippen LogP contribution in [0.1, 0.15) is 54.9 Å². The van der Waals surface area contributed by atoms with Crippen molar-refractivity contribution >= 4 is 23.2 Å². The standard InChI is InChI=1S/C30H34N2O4/c1-5-6-19-31(23-13-17-25(36-4)18-14-23)30(34)27-20-21(2)32(28-10-8-7-9-26(27)28)29(33)22-11-15-24(35-3)16-12-22/h7-18,21,27H,5-6,19-20H2,1-4H3. The Balaban J connectivity index is 1.67. The van der Waals surface area contributed by atoms with Crippen molar-refractivity contribution in [2.75, 3.05) is 30.6 Å². The quantitative estimate of drug-likeness (QED) is 0.388. The van der Waals surface area contributed by atoms with Crippen molar-refractivity contribution in [1.29, 1.82) is 0 Å². The van der Waals surface area contributed by atoms with Crippen LogP contribution in [0, 0.1) is 0 Å². The maximum atomic E-state index is 14.1. The highest BCUT2D eigenvalue weighted by molar-refractivity contribution is 6.09. The second kappa shape index (κ2) is 11.3. The lowest BCUT2D eigenvalue weighted by Gasteiger charge is -2.40. The van der Waals surface area contributed by atoms with E-state index in [1.54, 1.807) is 38.5 Å². The number of hydrogen-bond acceptors (Lipinski definition) is 4. The Hall–Kier alpha value is -3.80. The summed E-state index contributed by atoms with van der Waals surface area (Å²) in [6, 6.07) is 22.4. The van der Waals surface area contributed by atoms with Crippen LogP contribution in [0.2, 0.25) is 0 Å². The third-order valence-electron chi connectivity index (χ3n) is 6.83. The fourth-order valence-corrected chi connectivity index (χ4v) is 4.86. The first-order valence-corrected chi connectivity index (χ1v) is 12.5. The summed E-state index contributed by atoms with van der Waals surface area (Å²) >= 11 is 0. The summed E-state index contributed by atoms with van der Waals surface area (Å²) in [6.45, 7) is 4.78. The van der Waals surface area contributed by atoms with Crippen molar-refractivity contribution in [3.8, 4) is 11.5 Å². The van der Waals surface area contributed by atoms with E-state index < -0.39 is 0 Å². The maximum absolute atomic E-state index is 14.1. The molecular formula is C30H34N2O4. The highest BCUT2D eigenvalue weighted by Crippen LogP contribution is 2.41. The summed E-state index contributed by atoms with van der Waals surface area (Å²) in [5.74, 6) is 1.10.